The van der Waals surface area contributed by atoms with E-state index in [9.17, 15) is 5.11 Å². The molecule has 0 aliphatic rings. The Hall–Kier alpha value is -0.409. The third kappa shape index (κ3) is 5.53. The number of hydrogen-bond acceptors (Lipinski definition) is 3. The lowest BCUT2D eigenvalue weighted by Gasteiger charge is -2.38. The van der Waals surface area contributed by atoms with E-state index in [2.05, 4.69) is 51.9 Å². The highest BCUT2D eigenvalue weighted by Crippen LogP contribution is 2.22. The summed E-state index contributed by atoms with van der Waals surface area (Å²) in [5, 5.41) is 10.9. The summed E-state index contributed by atoms with van der Waals surface area (Å²) < 4.78 is 13.0. The van der Waals surface area contributed by atoms with Crippen LogP contribution in [0.25, 0.3) is 0 Å². The molecule has 0 aliphatic carbocycles. The van der Waals surface area contributed by atoms with Crippen LogP contribution in [0.15, 0.2) is 18.2 Å². The predicted molar refractivity (Wildman–Crippen MR) is 93.0 cm³/mol. The standard InChI is InChI=1S/C14H28O3Si3/c1-12-9-13(15)11-14(10-12)20(8,16-18(2,3)4)17-19(5,6)7/h9-11,15H,1-8H3. The summed E-state index contributed by atoms with van der Waals surface area (Å²) in [4.78, 5) is 0. The van der Waals surface area contributed by atoms with Gasteiger partial charge in [-0.1, -0.05) is 6.07 Å². The van der Waals surface area contributed by atoms with Gasteiger partial charge in [0.2, 0.25) is 0 Å². The molecule has 1 rings (SSSR count). The summed E-state index contributed by atoms with van der Waals surface area (Å²) in [6.07, 6.45) is 0. The molecule has 1 N–H and O–H groups in total. The number of aromatic hydroxyl groups is 1. The van der Waals surface area contributed by atoms with Crippen molar-refractivity contribution < 1.29 is 13.3 Å². The minimum atomic E-state index is -2.50. The van der Waals surface area contributed by atoms with E-state index in [0.717, 1.165) is 10.8 Å². The van der Waals surface area contributed by atoms with Crippen molar-refractivity contribution in [3.05, 3.63) is 23.8 Å². The van der Waals surface area contributed by atoms with Gasteiger partial charge in [-0.15, -0.1) is 0 Å². The maximum Gasteiger partial charge on any atom is 0.348 e. The predicted octanol–water partition coefficient (Wildman–Crippen LogP) is 3.68. The molecule has 6 heteroatoms. The van der Waals surface area contributed by atoms with Gasteiger partial charge in [0.05, 0.1) is 0 Å². The van der Waals surface area contributed by atoms with Crippen molar-refractivity contribution in [3.63, 3.8) is 0 Å². The SMILES string of the molecule is Cc1cc(O)cc([Si](C)(O[Si](C)(C)C)O[Si](C)(C)C)c1. The molecule has 0 aliphatic heterocycles. The van der Waals surface area contributed by atoms with Crippen molar-refractivity contribution in [2.75, 3.05) is 0 Å². The zero-order chi connectivity index (χ0) is 15.8. The molecule has 1 aromatic rings. The zero-order valence-electron chi connectivity index (χ0n) is 14.0. The topological polar surface area (TPSA) is 38.7 Å². The molecule has 0 spiro atoms. The molecule has 114 valence electrons. The van der Waals surface area contributed by atoms with Gasteiger partial charge in [0.15, 0.2) is 16.6 Å². The summed E-state index contributed by atoms with van der Waals surface area (Å²) in [6, 6.07) is 5.66. The van der Waals surface area contributed by atoms with Gasteiger partial charge >= 0.3 is 8.56 Å². The van der Waals surface area contributed by atoms with E-state index in [-0.39, 0.29) is 5.75 Å². The Morgan fingerprint density at radius 3 is 1.60 bits per heavy atom. The molecule has 0 heterocycles. The van der Waals surface area contributed by atoms with E-state index >= 15 is 0 Å². The molecule has 0 bridgehead atoms. The van der Waals surface area contributed by atoms with Crippen LogP contribution in [0.5, 0.6) is 5.75 Å². The molecule has 0 amide bonds. The Labute approximate surface area is 126 Å². The van der Waals surface area contributed by atoms with Crippen LogP contribution in [0.2, 0.25) is 45.8 Å². The van der Waals surface area contributed by atoms with Gasteiger partial charge in [-0.3, -0.25) is 0 Å². The normalized spacial score (nSPS) is 13.6. The zero-order valence-corrected chi connectivity index (χ0v) is 17.0. The van der Waals surface area contributed by atoms with E-state index < -0.39 is 25.2 Å². The molecule has 0 radical (unpaired) electrons. The quantitative estimate of drug-likeness (QED) is 0.838. The van der Waals surface area contributed by atoms with Gasteiger partial charge in [-0.05, 0) is 75.6 Å². The Morgan fingerprint density at radius 2 is 1.25 bits per heavy atom. The fraction of sp³-hybridized carbons (Fsp3) is 0.571. The Morgan fingerprint density at radius 1 is 0.800 bits per heavy atom. The number of phenols is 1. The fourth-order valence-electron chi connectivity index (χ4n) is 2.33. The molecule has 0 fully saturated rings. The monoisotopic (exact) mass is 328 g/mol. The first-order chi connectivity index (χ1) is 8.81. The van der Waals surface area contributed by atoms with Crippen LogP contribution in [0.1, 0.15) is 5.56 Å². The van der Waals surface area contributed by atoms with Crippen molar-refractivity contribution in [1.82, 2.24) is 0 Å². The van der Waals surface area contributed by atoms with Crippen LogP contribution < -0.4 is 5.19 Å². The van der Waals surface area contributed by atoms with Crippen LogP contribution in [-0.4, -0.2) is 30.3 Å². The first-order valence-electron chi connectivity index (χ1n) is 7.02. The van der Waals surface area contributed by atoms with Crippen molar-refractivity contribution in [3.8, 4) is 5.75 Å². The van der Waals surface area contributed by atoms with Crippen LogP contribution >= 0.6 is 0 Å². The molecule has 1 aromatic carbocycles. The Bertz CT molecular complexity index is 439. The summed E-state index contributed by atoms with van der Waals surface area (Å²) >= 11 is 0. The van der Waals surface area contributed by atoms with Crippen molar-refractivity contribution in [2.24, 2.45) is 0 Å². The number of rotatable bonds is 5. The van der Waals surface area contributed by atoms with E-state index in [1.165, 1.54) is 0 Å². The van der Waals surface area contributed by atoms with Gasteiger partial charge in [-0.25, -0.2) is 0 Å². The third-order valence-electron chi connectivity index (χ3n) is 2.59. The van der Waals surface area contributed by atoms with Gasteiger partial charge in [0, 0.05) is 0 Å². The van der Waals surface area contributed by atoms with Gasteiger partial charge < -0.3 is 13.3 Å². The summed E-state index contributed by atoms with van der Waals surface area (Å²) in [5.74, 6) is 0.289. The lowest BCUT2D eigenvalue weighted by Crippen LogP contribution is -2.60. The number of phenolic OH excluding ortho intramolecular Hbond substituents is 1. The number of benzene rings is 1. The van der Waals surface area contributed by atoms with E-state index in [1.54, 1.807) is 12.1 Å². The minimum Gasteiger partial charge on any atom is -0.508 e. The largest absolute Gasteiger partial charge is 0.508 e. The molecular formula is C14H28O3Si3. The summed E-state index contributed by atoms with van der Waals surface area (Å²) in [6.45, 7) is 17.2. The lowest BCUT2D eigenvalue weighted by molar-refractivity contribution is 0.404. The van der Waals surface area contributed by atoms with Crippen LogP contribution in [-0.2, 0) is 8.23 Å². The second kappa shape index (κ2) is 5.76. The molecule has 0 aromatic heterocycles. The van der Waals surface area contributed by atoms with Gasteiger partial charge in [0.1, 0.15) is 5.75 Å². The van der Waals surface area contributed by atoms with Gasteiger partial charge in [0.25, 0.3) is 0 Å². The van der Waals surface area contributed by atoms with Gasteiger partial charge in [-0.2, -0.15) is 0 Å². The molecule has 0 saturated heterocycles. The molecule has 0 atom stereocenters. The third-order valence-corrected chi connectivity index (χ3v) is 11.9. The number of aryl methyl sites for hydroxylation is 1. The molecule has 0 unspecified atom stereocenters. The first-order valence-corrected chi connectivity index (χ1v) is 16.2. The first kappa shape index (κ1) is 17.6. The molecule has 3 nitrogen and oxygen atoms in total. The Kier molecular flexibility index (Phi) is 5.08. The molecular weight excluding hydrogens is 300 g/mol. The Balaban J connectivity index is 3.28. The van der Waals surface area contributed by atoms with E-state index in [1.807, 2.05) is 6.92 Å². The summed E-state index contributed by atoms with van der Waals surface area (Å²) in [5.41, 5.74) is 1.04. The molecule has 0 saturated carbocycles. The highest BCUT2D eigenvalue weighted by atomic mass is 28.5. The lowest BCUT2D eigenvalue weighted by atomic mass is 10.2. The summed E-state index contributed by atoms with van der Waals surface area (Å²) in [7, 11) is -5.96. The van der Waals surface area contributed by atoms with E-state index in [4.69, 9.17) is 8.23 Å². The van der Waals surface area contributed by atoms with Crippen molar-refractivity contribution >= 4 is 30.4 Å². The fourth-order valence-corrected chi connectivity index (χ4v) is 14.1. The highest BCUT2D eigenvalue weighted by Gasteiger charge is 2.42. The minimum absolute atomic E-state index is 0.289. The van der Waals surface area contributed by atoms with E-state index in [0.29, 0.717) is 0 Å². The second-order valence-electron chi connectivity index (χ2n) is 7.43. The maximum absolute atomic E-state index is 9.89. The van der Waals surface area contributed by atoms with Crippen LogP contribution in [0.4, 0.5) is 0 Å². The average Bonchev–Trinajstić information content (AvgIpc) is 2.08. The number of hydrogen-bond donors (Lipinski definition) is 1. The van der Waals surface area contributed by atoms with Crippen LogP contribution in [0, 0.1) is 6.92 Å². The smallest absolute Gasteiger partial charge is 0.348 e. The maximum atomic E-state index is 9.89. The second-order valence-corrected chi connectivity index (χ2v) is 20.0. The van der Waals surface area contributed by atoms with Crippen molar-refractivity contribution in [2.45, 2.75) is 52.8 Å². The molecule has 20 heavy (non-hydrogen) atoms. The van der Waals surface area contributed by atoms with Crippen molar-refractivity contribution in [1.29, 1.82) is 0 Å². The average molecular weight is 329 g/mol. The highest BCUT2D eigenvalue weighted by molar-refractivity contribution is 6.94. The van der Waals surface area contributed by atoms with Crippen LogP contribution in [0.3, 0.4) is 0 Å².